The van der Waals surface area contributed by atoms with E-state index >= 15 is 0 Å². The molecule has 0 spiro atoms. The highest BCUT2D eigenvalue weighted by Gasteiger charge is 2.34. The number of hydrogen-bond acceptors (Lipinski definition) is 5. The molecule has 0 bridgehead atoms. The summed E-state index contributed by atoms with van der Waals surface area (Å²) in [7, 11) is -3.66. The van der Waals surface area contributed by atoms with Crippen molar-refractivity contribution >= 4 is 27.6 Å². The molecule has 1 unspecified atom stereocenters. The molecule has 3 rings (SSSR count). The largest absolute Gasteiger partial charge is 0.452 e. The monoisotopic (exact) mass is 484 g/mol. The van der Waals surface area contributed by atoms with Crippen molar-refractivity contribution in [3.8, 4) is 0 Å². The number of benzene rings is 2. The Balaban J connectivity index is 1.53. The fourth-order valence-electron chi connectivity index (χ4n) is 3.41. The number of esters is 1. The van der Waals surface area contributed by atoms with E-state index in [2.05, 4.69) is 5.32 Å². The SMILES string of the molecule is CC(OC(=O)C1CCN(S(=O)(=O)c2ccccc2)CC1)C(=O)Nc1cccc(C(F)(F)F)c1. The van der Waals surface area contributed by atoms with Gasteiger partial charge in [-0.25, -0.2) is 8.42 Å². The first-order valence-corrected chi connectivity index (χ1v) is 11.7. The molecular weight excluding hydrogens is 461 g/mol. The Kier molecular flexibility index (Phi) is 7.43. The van der Waals surface area contributed by atoms with Crippen LogP contribution in [0.3, 0.4) is 0 Å². The van der Waals surface area contributed by atoms with Crippen molar-refractivity contribution in [2.24, 2.45) is 5.92 Å². The van der Waals surface area contributed by atoms with Crippen molar-refractivity contribution in [1.29, 1.82) is 0 Å². The van der Waals surface area contributed by atoms with Crippen LogP contribution in [0.4, 0.5) is 18.9 Å². The standard InChI is InChI=1S/C22H23F3N2O5S/c1-15(20(28)26-18-7-5-6-17(14-18)22(23,24)25)32-21(29)16-10-12-27(13-11-16)33(30,31)19-8-3-2-4-9-19/h2-9,14-16H,10-13H2,1H3,(H,26,28). The van der Waals surface area contributed by atoms with Gasteiger partial charge in [0, 0.05) is 18.8 Å². The van der Waals surface area contributed by atoms with Gasteiger partial charge in [0.15, 0.2) is 6.10 Å². The van der Waals surface area contributed by atoms with Gasteiger partial charge >= 0.3 is 12.1 Å². The molecule has 2 aromatic carbocycles. The summed E-state index contributed by atoms with van der Waals surface area (Å²) in [6.45, 7) is 1.57. The molecule has 1 fully saturated rings. The molecule has 33 heavy (non-hydrogen) atoms. The fourth-order valence-corrected chi connectivity index (χ4v) is 4.91. The Morgan fingerprint density at radius 1 is 1.06 bits per heavy atom. The number of anilines is 1. The number of amides is 1. The number of sulfonamides is 1. The Labute approximate surface area is 189 Å². The number of carbonyl (C=O) groups excluding carboxylic acids is 2. The highest BCUT2D eigenvalue weighted by molar-refractivity contribution is 7.89. The number of ether oxygens (including phenoxy) is 1. The van der Waals surface area contributed by atoms with Crippen LogP contribution in [0.5, 0.6) is 0 Å². The zero-order chi connectivity index (χ0) is 24.2. The van der Waals surface area contributed by atoms with E-state index in [1.165, 1.54) is 29.4 Å². The van der Waals surface area contributed by atoms with Crippen LogP contribution in [0.2, 0.25) is 0 Å². The second kappa shape index (κ2) is 9.92. The zero-order valence-electron chi connectivity index (χ0n) is 17.7. The highest BCUT2D eigenvalue weighted by atomic mass is 32.2. The molecule has 0 radical (unpaired) electrons. The van der Waals surface area contributed by atoms with E-state index in [-0.39, 0.29) is 36.5 Å². The maximum absolute atomic E-state index is 12.8. The number of rotatable bonds is 6. The summed E-state index contributed by atoms with van der Waals surface area (Å²) in [5.74, 6) is -2.01. The van der Waals surface area contributed by atoms with Crippen LogP contribution in [0.15, 0.2) is 59.5 Å². The second-order valence-electron chi connectivity index (χ2n) is 7.64. The second-order valence-corrected chi connectivity index (χ2v) is 9.58. The first kappa shape index (κ1) is 24.7. The van der Waals surface area contributed by atoms with E-state index in [9.17, 15) is 31.2 Å². The first-order valence-electron chi connectivity index (χ1n) is 10.2. The molecule has 1 aliphatic heterocycles. The van der Waals surface area contributed by atoms with E-state index in [1.54, 1.807) is 18.2 Å². The summed E-state index contributed by atoms with van der Waals surface area (Å²) in [5, 5.41) is 2.30. The number of hydrogen-bond donors (Lipinski definition) is 1. The molecule has 0 saturated carbocycles. The van der Waals surface area contributed by atoms with Gasteiger partial charge in [0.05, 0.1) is 16.4 Å². The summed E-state index contributed by atoms with van der Waals surface area (Å²) in [5.41, 5.74) is -0.987. The van der Waals surface area contributed by atoms with Crippen LogP contribution in [0, 0.1) is 5.92 Å². The van der Waals surface area contributed by atoms with Crippen LogP contribution in [0.25, 0.3) is 0 Å². The third kappa shape index (κ3) is 6.11. The number of halogens is 3. The summed E-state index contributed by atoms with van der Waals surface area (Å²) >= 11 is 0. The minimum absolute atomic E-state index is 0.0721. The molecule has 1 N–H and O–H groups in total. The molecule has 2 aromatic rings. The molecule has 0 aromatic heterocycles. The zero-order valence-corrected chi connectivity index (χ0v) is 18.5. The predicted octanol–water partition coefficient (Wildman–Crippen LogP) is 3.68. The van der Waals surface area contributed by atoms with Crippen LogP contribution in [0.1, 0.15) is 25.3 Å². The molecule has 1 aliphatic rings. The lowest BCUT2D eigenvalue weighted by atomic mass is 9.98. The topological polar surface area (TPSA) is 92.8 Å². The van der Waals surface area contributed by atoms with E-state index in [0.717, 1.165) is 18.2 Å². The number of piperidine rings is 1. The maximum Gasteiger partial charge on any atom is 0.416 e. The van der Waals surface area contributed by atoms with Gasteiger partial charge in [0.25, 0.3) is 5.91 Å². The quantitative estimate of drug-likeness (QED) is 0.632. The first-order chi connectivity index (χ1) is 15.5. The van der Waals surface area contributed by atoms with Gasteiger partial charge in [-0.05, 0) is 50.1 Å². The van der Waals surface area contributed by atoms with E-state index in [4.69, 9.17) is 4.74 Å². The average molecular weight is 484 g/mol. The molecule has 0 aliphatic carbocycles. The van der Waals surface area contributed by atoms with Gasteiger partial charge in [0.1, 0.15) is 0 Å². The van der Waals surface area contributed by atoms with Gasteiger partial charge in [-0.3, -0.25) is 9.59 Å². The molecule has 7 nitrogen and oxygen atoms in total. The lowest BCUT2D eigenvalue weighted by Crippen LogP contribution is -2.41. The lowest BCUT2D eigenvalue weighted by molar-refractivity contribution is -0.158. The maximum atomic E-state index is 12.8. The van der Waals surface area contributed by atoms with Gasteiger partial charge in [0.2, 0.25) is 10.0 Å². The average Bonchev–Trinajstić information content (AvgIpc) is 2.79. The third-order valence-electron chi connectivity index (χ3n) is 5.29. The molecule has 178 valence electrons. The smallest absolute Gasteiger partial charge is 0.416 e. The Bertz CT molecular complexity index is 1100. The van der Waals surface area contributed by atoms with Crippen molar-refractivity contribution < 1.29 is 35.9 Å². The van der Waals surface area contributed by atoms with Gasteiger partial charge in [-0.1, -0.05) is 24.3 Å². The normalized spacial score (nSPS) is 16.7. The fraction of sp³-hybridized carbons (Fsp3) is 0.364. The minimum Gasteiger partial charge on any atom is -0.452 e. The van der Waals surface area contributed by atoms with Gasteiger partial charge in [-0.15, -0.1) is 0 Å². The Morgan fingerprint density at radius 3 is 2.30 bits per heavy atom. The summed E-state index contributed by atoms with van der Waals surface area (Å²) in [4.78, 5) is 24.9. The molecule has 1 heterocycles. The predicted molar refractivity (Wildman–Crippen MR) is 114 cm³/mol. The van der Waals surface area contributed by atoms with E-state index < -0.39 is 45.7 Å². The number of nitrogens with zero attached hydrogens (tertiary/aromatic N) is 1. The summed E-state index contributed by atoms with van der Waals surface area (Å²) < 4.78 is 70.3. The Morgan fingerprint density at radius 2 is 1.70 bits per heavy atom. The van der Waals surface area contributed by atoms with Crippen molar-refractivity contribution in [3.63, 3.8) is 0 Å². The van der Waals surface area contributed by atoms with Gasteiger partial charge < -0.3 is 10.1 Å². The molecular formula is C22H23F3N2O5S. The third-order valence-corrected chi connectivity index (χ3v) is 7.20. The van der Waals surface area contributed by atoms with Crippen molar-refractivity contribution in [1.82, 2.24) is 4.31 Å². The van der Waals surface area contributed by atoms with E-state index in [1.807, 2.05) is 0 Å². The number of carbonyl (C=O) groups is 2. The summed E-state index contributed by atoms with van der Waals surface area (Å²) in [6.07, 6.45) is -5.33. The molecule has 11 heteroatoms. The Hall–Kier alpha value is -2.92. The minimum atomic E-state index is -4.55. The summed E-state index contributed by atoms with van der Waals surface area (Å²) in [6, 6.07) is 12.1. The van der Waals surface area contributed by atoms with Crippen LogP contribution >= 0.6 is 0 Å². The van der Waals surface area contributed by atoms with Gasteiger partial charge in [-0.2, -0.15) is 17.5 Å². The molecule has 1 atom stereocenters. The molecule has 1 amide bonds. The van der Waals surface area contributed by atoms with Crippen molar-refractivity contribution in [2.75, 3.05) is 18.4 Å². The van der Waals surface area contributed by atoms with Crippen LogP contribution in [-0.2, 0) is 30.5 Å². The van der Waals surface area contributed by atoms with Crippen molar-refractivity contribution in [2.45, 2.75) is 36.9 Å². The number of nitrogens with one attached hydrogen (secondary N) is 1. The molecule has 1 saturated heterocycles. The lowest BCUT2D eigenvalue weighted by Gasteiger charge is -2.30. The van der Waals surface area contributed by atoms with Crippen molar-refractivity contribution in [3.05, 3.63) is 60.2 Å². The highest BCUT2D eigenvalue weighted by Crippen LogP contribution is 2.31. The number of alkyl halides is 3. The van der Waals surface area contributed by atoms with Crippen LogP contribution in [-0.4, -0.2) is 43.8 Å². The van der Waals surface area contributed by atoms with E-state index in [0.29, 0.717) is 0 Å². The van der Waals surface area contributed by atoms with Crippen LogP contribution < -0.4 is 5.32 Å².